The van der Waals surface area contributed by atoms with Gasteiger partial charge in [0.15, 0.2) is 0 Å². The molecule has 2 atom stereocenters. The molecular formula is C23H25F4N3O4S. The highest BCUT2D eigenvalue weighted by Gasteiger charge is 2.36. The van der Waals surface area contributed by atoms with Crippen molar-refractivity contribution in [3.63, 3.8) is 0 Å². The summed E-state index contributed by atoms with van der Waals surface area (Å²) in [4.78, 5) is 27.3. The standard InChI is InChI=1S/C23H25F4N3O4S/c1-29(2)35(33,34)18-6-3-5-16(13-18)22(32)30-12-4-7-20(30)21(31)28-19(14-24)15-8-10-17(11-9-15)23(25,26)27/h3,5-6,8-11,13,19-20H,4,7,12,14H2,1-2H3,(H,28,31)/t19-,20-/m1/s1. The molecule has 7 nitrogen and oxygen atoms in total. The van der Waals surface area contributed by atoms with E-state index in [1.807, 2.05) is 0 Å². The first-order chi connectivity index (χ1) is 16.4. The van der Waals surface area contributed by atoms with E-state index < -0.39 is 52.3 Å². The van der Waals surface area contributed by atoms with Gasteiger partial charge in [-0.25, -0.2) is 17.1 Å². The number of carbonyl (C=O) groups excluding carboxylic acids is 2. The number of rotatable bonds is 7. The van der Waals surface area contributed by atoms with Gasteiger partial charge >= 0.3 is 6.18 Å². The van der Waals surface area contributed by atoms with Gasteiger partial charge in [0.25, 0.3) is 5.91 Å². The number of benzene rings is 2. The second kappa shape index (κ2) is 10.3. The van der Waals surface area contributed by atoms with Crippen LogP contribution in [0, 0.1) is 0 Å². The summed E-state index contributed by atoms with van der Waals surface area (Å²) in [6.07, 6.45) is -3.74. The van der Waals surface area contributed by atoms with Crippen LogP contribution in [0.5, 0.6) is 0 Å². The Morgan fingerprint density at radius 2 is 1.80 bits per heavy atom. The van der Waals surface area contributed by atoms with E-state index in [0.29, 0.717) is 12.8 Å². The van der Waals surface area contributed by atoms with Crippen molar-refractivity contribution < 1.29 is 35.6 Å². The van der Waals surface area contributed by atoms with Gasteiger partial charge in [-0.15, -0.1) is 0 Å². The monoisotopic (exact) mass is 515 g/mol. The number of hydrogen-bond donors (Lipinski definition) is 1. The summed E-state index contributed by atoms with van der Waals surface area (Å²) in [6, 6.07) is 7.16. The first kappa shape index (κ1) is 26.6. The summed E-state index contributed by atoms with van der Waals surface area (Å²) in [6.45, 7) is -0.815. The molecule has 1 fully saturated rings. The molecule has 0 bridgehead atoms. The minimum atomic E-state index is -4.54. The highest BCUT2D eigenvalue weighted by atomic mass is 32.2. The third-order valence-corrected chi connectivity index (χ3v) is 7.60. The van der Waals surface area contributed by atoms with Gasteiger partial charge in [0.2, 0.25) is 15.9 Å². The molecule has 0 saturated carbocycles. The second-order valence-electron chi connectivity index (χ2n) is 8.31. The van der Waals surface area contributed by atoms with Crippen LogP contribution in [-0.4, -0.2) is 62.8 Å². The number of nitrogens with zero attached hydrogens (tertiary/aromatic N) is 2. The van der Waals surface area contributed by atoms with Crippen molar-refractivity contribution in [2.75, 3.05) is 27.3 Å². The SMILES string of the molecule is CN(C)S(=O)(=O)c1cccc(C(=O)N2CCC[C@@H]2C(=O)N[C@H](CF)c2ccc(C(F)(F)F)cc2)c1. The van der Waals surface area contributed by atoms with Gasteiger partial charge < -0.3 is 10.2 Å². The van der Waals surface area contributed by atoms with E-state index in [0.717, 1.165) is 28.6 Å². The predicted octanol–water partition coefficient (Wildman–Crippen LogP) is 3.39. The fourth-order valence-electron chi connectivity index (χ4n) is 3.83. The van der Waals surface area contributed by atoms with Crippen LogP contribution in [-0.2, 0) is 21.0 Å². The summed E-state index contributed by atoms with van der Waals surface area (Å²) in [5, 5.41) is 2.48. The summed E-state index contributed by atoms with van der Waals surface area (Å²) in [5.41, 5.74) is -0.653. The van der Waals surface area contributed by atoms with Crippen molar-refractivity contribution in [1.29, 1.82) is 0 Å². The van der Waals surface area contributed by atoms with E-state index in [1.165, 1.54) is 43.3 Å². The van der Waals surface area contributed by atoms with E-state index in [1.54, 1.807) is 0 Å². The molecule has 190 valence electrons. The van der Waals surface area contributed by atoms with Gasteiger partial charge in [0.05, 0.1) is 16.5 Å². The Balaban J connectivity index is 1.77. The smallest absolute Gasteiger partial charge is 0.345 e. The first-order valence-corrected chi connectivity index (χ1v) is 12.2. The average Bonchev–Trinajstić information content (AvgIpc) is 3.31. The lowest BCUT2D eigenvalue weighted by atomic mass is 10.0. The molecule has 1 saturated heterocycles. The zero-order valence-corrected chi connectivity index (χ0v) is 19.9. The Bertz CT molecular complexity index is 1180. The number of likely N-dealkylation sites (tertiary alicyclic amines) is 1. The molecular weight excluding hydrogens is 490 g/mol. The van der Waals surface area contributed by atoms with Crippen molar-refractivity contribution in [3.05, 3.63) is 65.2 Å². The van der Waals surface area contributed by atoms with E-state index in [9.17, 15) is 35.6 Å². The summed E-state index contributed by atoms with van der Waals surface area (Å²) < 4.78 is 77.9. The van der Waals surface area contributed by atoms with Gasteiger partial charge in [0, 0.05) is 26.2 Å². The van der Waals surface area contributed by atoms with Crippen LogP contribution in [0.4, 0.5) is 17.6 Å². The van der Waals surface area contributed by atoms with Crippen LogP contribution < -0.4 is 5.32 Å². The van der Waals surface area contributed by atoms with Crippen LogP contribution >= 0.6 is 0 Å². The topological polar surface area (TPSA) is 86.8 Å². The minimum Gasteiger partial charge on any atom is -0.345 e. The number of halogens is 4. The molecule has 0 aliphatic carbocycles. The third-order valence-electron chi connectivity index (χ3n) is 5.79. The van der Waals surface area contributed by atoms with Crippen LogP contribution in [0.3, 0.4) is 0 Å². The van der Waals surface area contributed by atoms with Crippen molar-refractivity contribution in [2.24, 2.45) is 0 Å². The molecule has 12 heteroatoms. The Kier molecular flexibility index (Phi) is 7.85. The van der Waals surface area contributed by atoms with Crippen molar-refractivity contribution >= 4 is 21.8 Å². The van der Waals surface area contributed by atoms with Crippen molar-refractivity contribution in [2.45, 2.75) is 36.0 Å². The summed E-state index contributed by atoms with van der Waals surface area (Å²) >= 11 is 0. The largest absolute Gasteiger partial charge is 0.416 e. The zero-order chi connectivity index (χ0) is 26.0. The number of sulfonamides is 1. The number of amides is 2. The van der Waals surface area contributed by atoms with Gasteiger partial charge in [-0.05, 0) is 48.7 Å². The van der Waals surface area contributed by atoms with Crippen molar-refractivity contribution in [3.8, 4) is 0 Å². The maximum Gasteiger partial charge on any atom is 0.416 e. The van der Waals surface area contributed by atoms with E-state index in [4.69, 9.17) is 0 Å². The van der Waals surface area contributed by atoms with Gasteiger partial charge in [-0.1, -0.05) is 18.2 Å². The van der Waals surface area contributed by atoms with E-state index >= 15 is 0 Å². The minimum absolute atomic E-state index is 0.0756. The lowest BCUT2D eigenvalue weighted by Crippen LogP contribution is -2.47. The molecule has 35 heavy (non-hydrogen) atoms. The molecule has 0 radical (unpaired) electrons. The number of hydrogen-bond acceptors (Lipinski definition) is 4. The van der Waals surface area contributed by atoms with Gasteiger partial charge in [0.1, 0.15) is 12.7 Å². The molecule has 1 N–H and O–H groups in total. The normalized spacial score (nSPS) is 17.5. The molecule has 1 aliphatic heterocycles. The van der Waals surface area contributed by atoms with Crippen molar-refractivity contribution in [1.82, 2.24) is 14.5 Å². The van der Waals surface area contributed by atoms with E-state index in [2.05, 4.69) is 5.32 Å². The Morgan fingerprint density at radius 3 is 2.37 bits per heavy atom. The molecule has 1 aliphatic rings. The van der Waals surface area contributed by atoms with E-state index in [-0.39, 0.29) is 22.6 Å². The third kappa shape index (κ3) is 5.81. The quantitative estimate of drug-likeness (QED) is 0.573. The van der Waals surface area contributed by atoms with Crippen LogP contribution in [0.15, 0.2) is 53.4 Å². The fourth-order valence-corrected chi connectivity index (χ4v) is 4.78. The number of carbonyl (C=O) groups is 2. The highest BCUT2D eigenvalue weighted by molar-refractivity contribution is 7.89. The van der Waals surface area contributed by atoms with Crippen LogP contribution in [0.25, 0.3) is 0 Å². The molecule has 1 heterocycles. The maximum atomic E-state index is 13.7. The molecule has 3 rings (SSSR count). The summed E-state index contributed by atoms with van der Waals surface area (Å²) in [5.74, 6) is -1.19. The molecule has 0 spiro atoms. The van der Waals surface area contributed by atoms with Crippen LogP contribution in [0.1, 0.15) is 40.4 Å². The Labute approximate surface area is 200 Å². The fraction of sp³-hybridized carbons (Fsp3) is 0.391. The average molecular weight is 516 g/mol. The molecule has 0 aromatic heterocycles. The molecule has 0 unspecified atom stereocenters. The predicted molar refractivity (Wildman–Crippen MR) is 120 cm³/mol. The Hall–Kier alpha value is -2.99. The van der Waals surface area contributed by atoms with Gasteiger partial charge in [-0.3, -0.25) is 9.59 Å². The first-order valence-electron chi connectivity index (χ1n) is 10.7. The second-order valence-corrected chi connectivity index (χ2v) is 10.5. The summed E-state index contributed by atoms with van der Waals surface area (Å²) in [7, 11) is -1.05. The molecule has 2 amide bonds. The molecule has 2 aromatic carbocycles. The van der Waals surface area contributed by atoms with Crippen LogP contribution in [0.2, 0.25) is 0 Å². The van der Waals surface area contributed by atoms with Gasteiger partial charge in [-0.2, -0.15) is 13.2 Å². The number of alkyl halides is 4. The number of nitrogens with one attached hydrogen (secondary N) is 1. The Morgan fingerprint density at radius 1 is 1.14 bits per heavy atom. The highest BCUT2D eigenvalue weighted by Crippen LogP contribution is 2.30. The zero-order valence-electron chi connectivity index (χ0n) is 19.0. The lowest BCUT2D eigenvalue weighted by Gasteiger charge is -2.26. The molecule has 2 aromatic rings. The lowest BCUT2D eigenvalue weighted by molar-refractivity contribution is -0.137. The maximum absolute atomic E-state index is 13.7.